The predicted molar refractivity (Wildman–Crippen MR) is 80.4 cm³/mol. The summed E-state index contributed by atoms with van der Waals surface area (Å²) in [4.78, 5) is 0. The van der Waals surface area contributed by atoms with Gasteiger partial charge in [0.2, 0.25) is 0 Å². The molecular weight excluding hydrogens is 204 g/mol. The minimum absolute atomic E-state index is 0.940. The molecule has 0 fully saturated rings. The van der Waals surface area contributed by atoms with Gasteiger partial charge in [-0.15, -0.1) is 0 Å². The van der Waals surface area contributed by atoms with Gasteiger partial charge in [-0.2, -0.15) is 0 Å². The van der Waals surface area contributed by atoms with E-state index in [0.717, 1.165) is 17.8 Å². The highest BCUT2D eigenvalue weighted by atomic mass is 14.1. The predicted octanol–water partition coefficient (Wildman–Crippen LogP) is 6.45. The molecule has 104 valence electrons. The Balaban J connectivity index is 3.35. The first-order valence-electron chi connectivity index (χ1n) is 8.10. The largest absolute Gasteiger partial charge is 0.0654 e. The molecule has 0 nitrogen and oxygen atoms in total. The van der Waals surface area contributed by atoms with E-state index in [-0.39, 0.29) is 0 Å². The van der Waals surface area contributed by atoms with Crippen LogP contribution in [-0.4, -0.2) is 0 Å². The molecule has 3 unspecified atom stereocenters. The molecule has 0 aromatic heterocycles. The summed E-state index contributed by atoms with van der Waals surface area (Å²) >= 11 is 0. The number of hydrogen-bond donors (Lipinski definition) is 0. The van der Waals surface area contributed by atoms with Gasteiger partial charge in [-0.05, 0) is 24.2 Å². The zero-order valence-corrected chi connectivity index (χ0v) is 13.1. The third-order valence-corrected chi connectivity index (χ3v) is 4.18. The standard InChI is InChI=1S/C17H36/c1-6-11-16(4)14-17(5)13-10-8-9-12-15(3)7-2/h15-17H,6-14H2,1-5H3. The number of unbranched alkanes of at least 4 members (excludes halogenated alkanes) is 2. The fourth-order valence-electron chi connectivity index (χ4n) is 2.78. The van der Waals surface area contributed by atoms with Crippen molar-refractivity contribution in [3.8, 4) is 0 Å². The molecule has 0 N–H and O–H groups in total. The second kappa shape index (κ2) is 11.1. The summed E-state index contributed by atoms with van der Waals surface area (Å²) in [5, 5.41) is 0. The van der Waals surface area contributed by atoms with Gasteiger partial charge in [0.15, 0.2) is 0 Å². The highest BCUT2D eigenvalue weighted by molar-refractivity contribution is 4.60. The fourth-order valence-corrected chi connectivity index (χ4v) is 2.78. The zero-order valence-electron chi connectivity index (χ0n) is 13.1. The fraction of sp³-hybridized carbons (Fsp3) is 1.00. The summed E-state index contributed by atoms with van der Waals surface area (Å²) in [6, 6.07) is 0. The molecule has 0 aliphatic carbocycles. The lowest BCUT2D eigenvalue weighted by Crippen LogP contribution is -2.03. The highest BCUT2D eigenvalue weighted by Gasteiger charge is 2.08. The van der Waals surface area contributed by atoms with Crippen LogP contribution in [0.25, 0.3) is 0 Å². The minimum Gasteiger partial charge on any atom is -0.0654 e. The molecular formula is C17H36. The summed E-state index contributed by atoms with van der Waals surface area (Å²) in [5.41, 5.74) is 0. The molecule has 0 aliphatic heterocycles. The van der Waals surface area contributed by atoms with Crippen LogP contribution in [0.4, 0.5) is 0 Å². The average Bonchev–Trinajstić information content (AvgIpc) is 2.28. The molecule has 0 amide bonds. The van der Waals surface area contributed by atoms with Crippen molar-refractivity contribution in [2.24, 2.45) is 17.8 Å². The van der Waals surface area contributed by atoms with E-state index in [1.807, 2.05) is 0 Å². The molecule has 0 aromatic rings. The lowest BCUT2D eigenvalue weighted by atomic mass is 9.90. The van der Waals surface area contributed by atoms with Gasteiger partial charge in [-0.25, -0.2) is 0 Å². The van der Waals surface area contributed by atoms with Crippen LogP contribution in [-0.2, 0) is 0 Å². The van der Waals surface area contributed by atoms with Gasteiger partial charge in [0.05, 0.1) is 0 Å². The molecule has 0 aliphatic rings. The Bertz CT molecular complexity index is 150. The van der Waals surface area contributed by atoms with E-state index in [2.05, 4.69) is 34.6 Å². The van der Waals surface area contributed by atoms with Gasteiger partial charge >= 0.3 is 0 Å². The third-order valence-electron chi connectivity index (χ3n) is 4.18. The SMILES string of the molecule is CCCC(C)CC(C)CCCCCC(C)CC. The molecule has 0 heterocycles. The molecule has 0 radical (unpaired) electrons. The van der Waals surface area contributed by atoms with Crippen molar-refractivity contribution in [3.63, 3.8) is 0 Å². The van der Waals surface area contributed by atoms with E-state index in [1.54, 1.807) is 0 Å². The Labute approximate surface area is 111 Å². The van der Waals surface area contributed by atoms with E-state index >= 15 is 0 Å². The highest BCUT2D eigenvalue weighted by Crippen LogP contribution is 2.22. The number of hydrogen-bond acceptors (Lipinski definition) is 0. The van der Waals surface area contributed by atoms with Crippen LogP contribution in [0.2, 0.25) is 0 Å². The summed E-state index contributed by atoms with van der Waals surface area (Å²) in [6.45, 7) is 11.9. The van der Waals surface area contributed by atoms with Gasteiger partial charge in [-0.1, -0.05) is 86.0 Å². The quantitative estimate of drug-likeness (QED) is 0.364. The van der Waals surface area contributed by atoms with Crippen LogP contribution in [0.1, 0.15) is 92.4 Å². The first kappa shape index (κ1) is 17.0. The maximum Gasteiger partial charge on any atom is -0.0440 e. The van der Waals surface area contributed by atoms with Crippen LogP contribution in [0.3, 0.4) is 0 Å². The van der Waals surface area contributed by atoms with Gasteiger partial charge in [0, 0.05) is 0 Å². The molecule has 0 bridgehead atoms. The Morgan fingerprint density at radius 3 is 1.71 bits per heavy atom. The maximum absolute atomic E-state index is 2.45. The van der Waals surface area contributed by atoms with Crippen LogP contribution in [0, 0.1) is 17.8 Å². The Hall–Kier alpha value is 0. The molecule has 0 aromatic carbocycles. The molecule has 0 saturated heterocycles. The van der Waals surface area contributed by atoms with Crippen LogP contribution in [0.5, 0.6) is 0 Å². The Morgan fingerprint density at radius 1 is 0.647 bits per heavy atom. The molecule has 0 spiro atoms. The topological polar surface area (TPSA) is 0 Å². The van der Waals surface area contributed by atoms with E-state index in [9.17, 15) is 0 Å². The molecule has 0 saturated carbocycles. The second-order valence-corrected chi connectivity index (χ2v) is 6.39. The average molecular weight is 240 g/mol. The van der Waals surface area contributed by atoms with Crippen LogP contribution < -0.4 is 0 Å². The third kappa shape index (κ3) is 10.9. The van der Waals surface area contributed by atoms with Gasteiger partial charge in [0.1, 0.15) is 0 Å². The lowest BCUT2D eigenvalue weighted by molar-refractivity contribution is 0.361. The summed E-state index contributed by atoms with van der Waals surface area (Å²) in [7, 11) is 0. The molecule has 0 heteroatoms. The van der Waals surface area contributed by atoms with Crippen molar-refractivity contribution < 1.29 is 0 Å². The number of rotatable bonds is 11. The summed E-state index contributed by atoms with van der Waals surface area (Å²) in [5.74, 6) is 2.83. The van der Waals surface area contributed by atoms with Crippen molar-refractivity contribution in [1.82, 2.24) is 0 Å². The van der Waals surface area contributed by atoms with Gasteiger partial charge in [-0.3, -0.25) is 0 Å². The molecule has 17 heavy (non-hydrogen) atoms. The van der Waals surface area contributed by atoms with E-state index in [0.29, 0.717) is 0 Å². The van der Waals surface area contributed by atoms with Crippen molar-refractivity contribution >= 4 is 0 Å². The lowest BCUT2D eigenvalue weighted by Gasteiger charge is -2.16. The molecule has 3 atom stereocenters. The molecule has 0 rings (SSSR count). The van der Waals surface area contributed by atoms with Crippen molar-refractivity contribution in [2.75, 3.05) is 0 Å². The Morgan fingerprint density at radius 2 is 1.18 bits per heavy atom. The zero-order chi connectivity index (χ0) is 13.1. The van der Waals surface area contributed by atoms with E-state index in [4.69, 9.17) is 0 Å². The van der Waals surface area contributed by atoms with E-state index in [1.165, 1.54) is 57.8 Å². The van der Waals surface area contributed by atoms with Gasteiger partial charge in [0.25, 0.3) is 0 Å². The second-order valence-electron chi connectivity index (χ2n) is 6.39. The van der Waals surface area contributed by atoms with Crippen molar-refractivity contribution in [1.29, 1.82) is 0 Å². The minimum atomic E-state index is 0.940. The first-order valence-corrected chi connectivity index (χ1v) is 8.10. The van der Waals surface area contributed by atoms with E-state index < -0.39 is 0 Å². The summed E-state index contributed by atoms with van der Waals surface area (Å²) in [6.07, 6.45) is 12.8. The van der Waals surface area contributed by atoms with Crippen LogP contribution in [0.15, 0.2) is 0 Å². The monoisotopic (exact) mass is 240 g/mol. The normalized spacial score (nSPS) is 16.8. The van der Waals surface area contributed by atoms with Crippen LogP contribution >= 0.6 is 0 Å². The van der Waals surface area contributed by atoms with Gasteiger partial charge < -0.3 is 0 Å². The van der Waals surface area contributed by atoms with Crippen molar-refractivity contribution in [2.45, 2.75) is 92.4 Å². The summed E-state index contributed by atoms with van der Waals surface area (Å²) < 4.78 is 0. The Kier molecular flexibility index (Phi) is 11.1. The van der Waals surface area contributed by atoms with Crippen molar-refractivity contribution in [3.05, 3.63) is 0 Å². The smallest absolute Gasteiger partial charge is 0.0440 e. The maximum atomic E-state index is 2.45. The first-order chi connectivity index (χ1) is 8.10.